The third kappa shape index (κ3) is 3.47. The van der Waals surface area contributed by atoms with E-state index in [-0.39, 0.29) is 5.69 Å². The molecule has 0 saturated carbocycles. The van der Waals surface area contributed by atoms with Crippen molar-refractivity contribution >= 4 is 11.4 Å². The number of nitro groups is 1. The van der Waals surface area contributed by atoms with Gasteiger partial charge in [0, 0.05) is 30.6 Å². The van der Waals surface area contributed by atoms with Crippen LogP contribution < -0.4 is 10.1 Å². The number of benzene rings is 1. The Morgan fingerprint density at radius 3 is 2.85 bits per heavy atom. The van der Waals surface area contributed by atoms with Gasteiger partial charge in [-0.3, -0.25) is 14.8 Å². The minimum absolute atomic E-state index is 0.00165. The highest BCUT2D eigenvalue weighted by Crippen LogP contribution is 2.25. The van der Waals surface area contributed by atoms with Gasteiger partial charge in [0.25, 0.3) is 5.69 Å². The molecule has 2 aromatic rings. The maximum absolute atomic E-state index is 10.8. The second kappa shape index (κ2) is 6.05. The van der Waals surface area contributed by atoms with E-state index in [4.69, 9.17) is 4.74 Å². The maximum Gasteiger partial charge on any atom is 0.275 e. The molecule has 0 spiro atoms. The lowest BCUT2D eigenvalue weighted by Gasteiger charge is -2.08. The molecule has 0 unspecified atom stereocenters. The van der Waals surface area contributed by atoms with Gasteiger partial charge in [-0.2, -0.15) is 5.10 Å². The zero-order valence-corrected chi connectivity index (χ0v) is 11.4. The van der Waals surface area contributed by atoms with Crippen LogP contribution in [-0.4, -0.2) is 28.4 Å². The Morgan fingerprint density at radius 2 is 2.25 bits per heavy atom. The molecule has 7 heteroatoms. The van der Waals surface area contributed by atoms with Crippen LogP contribution in [-0.2, 0) is 6.54 Å². The summed E-state index contributed by atoms with van der Waals surface area (Å²) in [5.74, 6) is 0.455. The zero-order valence-electron chi connectivity index (χ0n) is 11.4. The van der Waals surface area contributed by atoms with Crippen molar-refractivity contribution in [3.05, 3.63) is 46.3 Å². The van der Waals surface area contributed by atoms with E-state index in [0.29, 0.717) is 24.5 Å². The molecule has 2 rings (SSSR count). The van der Waals surface area contributed by atoms with Crippen molar-refractivity contribution in [1.82, 2.24) is 9.78 Å². The molecule has 0 fully saturated rings. The largest absolute Gasteiger partial charge is 0.496 e. The van der Waals surface area contributed by atoms with Crippen LogP contribution in [0, 0.1) is 17.0 Å². The van der Waals surface area contributed by atoms with Crippen LogP contribution in [0.25, 0.3) is 0 Å². The standard InChI is InChI=1S/C13H16N4O3/c1-10-8-15-16(9-10)4-3-14-11-5-12(17(18)19)7-13(6-11)20-2/h5-9,14H,3-4H2,1-2H3. The summed E-state index contributed by atoms with van der Waals surface area (Å²) in [6, 6.07) is 4.60. The van der Waals surface area contributed by atoms with Crippen LogP contribution in [0.5, 0.6) is 5.75 Å². The molecule has 20 heavy (non-hydrogen) atoms. The van der Waals surface area contributed by atoms with Crippen LogP contribution in [0.4, 0.5) is 11.4 Å². The number of rotatable bonds is 6. The van der Waals surface area contributed by atoms with Crippen molar-refractivity contribution in [1.29, 1.82) is 0 Å². The fourth-order valence-corrected chi connectivity index (χ4v) is 1.81. The number of ether oxygens (including phenoxy) is 1. The lowest BCUT2D eigenvalue weighted by molar-refractivity contribution is -0.384. The topological polar surface area (TPSA) is 82.2 Å². The molecule has 0 radical (unpaired) electrons. The van der Waals surface area contributed by atoms with Gasteiger partial charge in [-0.1, -0.05) is 0 Å². The summed E-state index contributed by atoms with van der Waals surface area (Å²) in [7, 11) is 1.48. The Kier molecular flexibility index (Phi) is 4.19. The fourth-order valence-electron chi connectivity index (χ4n) is 1.81. The van der Waals surface area contributed by atoms with Gasteiger partial charge in [0.05, 0.1) is 30.8 Å². The average molecular weight is 276 g/mol. The van der Waals surface area contributed by atoms with Crippen molar-refractivity contribution < 1.29 is 9.66 Å². The summed E-state index contributed by atoms with van der Waals surface area (Å²) in [6.07, 6.45) is 3.73. The van der Waals surface area contributed by atoms with Crippen LogP contribution in [0.15, 0.2) is 30.6 Å². The number of non-ortho nitro benzene ring substituents is 1. The number of anilines is 1. The number of nitro benzene ring substituents is 1. The molecule has 106 valence electrons. The minimum atomic E-state index is -0.440. The van der Waals surface area contributed by atoms with E-state index in [9.17, 15) is 10.1 Å². The molecule has 7 nitrogen and oxygen atoms in total. The monoisotopic (exact) mass is 276 g/mol. The number of nitrogens with zero attached hydrogens (tertiary/aromatic N) is 3. The number of nitrogens with one attached hydrogen (secondary N) is 1. The first-order valence-corrected chi connectivity index (χ1v) is 6.15. The van der Waals surface area contributed by atoms with Gasteiger partial charge in [-0.25, -0.2) is 0 Å². The quantitative estimate of drug-likeness (QED) is 0.646. The van der Waals surface area contributed by atoms with Crippen molar-refractivity contribution in [3.8, 4) is 5.75 Å². The first kappa shape index (κ1) is 13.9. The van der Waals surface area contributed by atoms with Crippen molar-refractivity contribution in [2.75, 3.05) is 19.0 Å². The molecule has 0 aliphatic heterocycles. The van der Waals surface area contributed by atoms with Gasteiger partial charge in [-0.05, 0) is 12.5 Å². The SMILES string of the molecule is COc1cc(NCCn2cc(C)cn2)cc([N+](=O)[O-])c1. The normalized spacial score (nSPS) is 10.3. The first-order chi connectivity index (χ1) is 9.58. The van der Waals surface area contributed by atoms with Crippen molar-refractivity contribution in [2.45, 2.75) is 13.5 Å². The summed E-state index contributed by atoms with van der Waals surface area (Å²) < 4.78 is 6.87. The number of hydrogen-bond donors (Lipinski definition) is 1. The van der Waals surface area contributed by atoms with E-state index in [0.717, 1.165) is 5.56 Å². The summed E-state index contributed by atoms with van der Waals surface area (Å²) >= 11 is 0. The van der Waals surface area contributed by atoms with E-state index in [1.54, 1.807) is 12.3 Å². The summed E-state index contributed by atoms with van der Waals surface area (Å²) in [5, 5.41) is 18.1. The van der Waals surface area contributed by atoms with Crippen LogP contribution >= 0.6 is 0 Å². The smallest absolute Gasteiger partial charge is 0.275 e. The lowest BCUT2D eigenvalue weighted by atomic mass is 10.2. The number of aromatic nitrogens is 2. The van der Waals surface area contributed by atoms with Crippen molar-refractivity contribution in [3.63, 3.8) is 0 Å². The molecule has 1 aromatic heterocycles. The molecule has 0 atom stereocenters. The van der Waals surface area contributed by atoms with E-state index >= 15 is 0 Å². The third-order valence-corrected chi connectivity index (χ3v) is 2.77. The zero-order chi connectivity index (χ0) is 14.5. The van der Waals surface area contributed by atoms with Crippen LogP contribution in [0.1, 0.15) is 5.56 Å². The van der Waals surface area contributed by atoms with Crippen LogP contribution in [0.2, 0.25) is 0 Å². The average Bonchev–Trinajstić information content (AvgIpc) is 2.84. The lowest BCUT2D eigenvalue weighted by Crippen LogP contribution is -2.11. The van der Waals surface area contributed by atoms with E-state index < -0.39 is 4.92 Å². The fraction of sp³-hybridized carbons (Fsp3) is 0.308. The van der Waals surface area contributed by atoms with Gasteiger partial charge in [0.1, 0.15) is 5.75 Å². The minimum Gasteiger partial charge on any atom is -0.496 e. The van der Waals surface area contributed by atoms with Crippen LogP contribution in [0.3, 0.4) is 0 Å². The van der Waals surface area contributed by atoms with Gasteiger partial charge >= 0.3 is 0 Å². The van der Waals surface area contributed by atoms with Crippen molar-refractivity contribution in [2.24, 2.45) is 0 Å². The molecular weight excluding hydrogens is 260 g/mol. The van der Waals surface area contributed by atoms with Gasteiger partial charge < -0.3 is 10.1 Å². The Labute approximate surface area is 116 Å². The van der Waals surface area contributed by atoms with Gasteiger partial charge in [-0.15, -0.1) is 0 Å². The third-order valence-electron chi connectivity index (χ3n) is 2.77. The highest BCUT2D eigenvalue weighted by Gasteiger charge is 2.09. The molecule has 0 aliphatic rings. The Balaban J connectivity index is 2.01. The Morgan fingerprint density at radius 1 is 1.45 bits per heavy atom. The van der Waals surface area contributed by atoms with E-state index in [1.165, 1.54) is 19.2 Å². The second-order valence-corrected chi connectivity index (χ2v) is 4.38. The summed E-state index contributed by atoms with van der Waals surface area (Å²) in [4.78, 5) is 10.4. The maximum atomic E-state index is 10.8. The number of aryl methyl sites for hydroxylation is 1. The van der Waals surface area contributed by atoms with E-state index in [1.807, 2.05) is 17.8 Å². The molecule has 0 amide bonds. The first-order valence-electron chi connectivity index (χ1n) is 6.15. The Bertz CT molecular complexity index is 609. The predicted octanol–water partition coefficient (Wildman–Crippen LogP) is 2.22. The summed E-state index contributed by atoms with van der Waals surface area (Å²) in [6.45, 7) is 3.27. The highest BCUT2D eigenvalue weighted by molar-refractivity contribution is 5.56. The number of methoxy groups -OCH3 is 1. The Hall–Kier alpha value is -2.57. The van der Waals surface area contributed by atoms with Gasteiger partial charge in [0.15, 0.2) is 0 Å². The molecule has 1 aromatic carbocycles. The highest BCUT2D eigenvalue weighted by atomic mass is 16.6. The van der Waals surface area contributed by atoms with Gasteiger partial charge in [0.2, 0.25) is 0 Å². The predicted molar refractivity (Wildman–Crippen MR) is 75.1 cm³/mol. The van der Waals surface area contributed by atoms with E-state index in [2.05, 4.69) is 10.4 Å². The second-order valence-electron chi connectivity index (χ2n) is 4.38. The summed E-state index contributed by atoms with van der Waals surface area (Å²) in [5.41, 5.74) is 1.75. The molecule has 0 bridgehead atoms. The molecule has 0 aliphatic carbocycles. The number of hydrogen-bond acceptors (Lipinski definition) is 5. The molecule has 1 heterocycles. The molecule has 1 N–H and O–H groups in total. The molecular formula is C13H16N4O3. The molecule has 0 saturated heterocycles.